The number of rotatable bonds is 6. The minimum absolute atomic E-state index is 0.0170. The molecule has 0 bridgehead atoms. The fraction of sp³-hybridized carbons (Fsp3) is 0.643. The Morgan fingerprint density at radius 3 is 2.71 bits per heavy atom. The third kappa shape index (κ3) is 5.95. The average molecular weight is 294 g/mol. The summed E-state index contributed by atoms with van der Waals surface area (Å²) in [6.07, 6.45) is 5.25. The average Bonchev–Trinajstić information content (AvgIpc) is 3.06. The molecule has 2 amide bonds. The maximum absolute atomic E-state index is 11.7. The molecular weight excluding hydrogens is 272 g/mol. The normalized spacial score (nSPS) is 14.8. The Labute approximate surface area is 124 Å². The summed E-state index contributed by atoms with van der Waals surface area (Å²) in [5.41, 5.74) is 0.194. The van der Waals surface area contributed by atoms with Crippen molar-refractivity contribution in [3.8, 4) is 0 Å². The maximum atomic E-state index is 11.7. The van der Waals surface area contributed by atoms with Gasteiger partial charge in [-0.05, 0) is 33.6 Å². The summed E-state index contributed by atoms with van der Waals surface area (Å²) in [6.45, 7) is 5.80. The Hall–Kier alpha value is -1.89. The minimum Gasteiger partial charge on any atom is -0.366 e. The molecule has 1 heterocycles. The Bertz CT molecular complexity index is 515. The number of nitrogens with zero attached hydrogens (tertiary/aromatic N) is 2. The van der Waals surface area contributed by atoms with E-state index in [-0.39, 0.29) is 30.6 Å². The van der Waals surface area contributed by atoms with Gasteiger partial charge in [0.05, 0.1) is 17.5 Å². The van der Waals surface area contributed by atoms with Gasteiger partial charge < -0.3 is 15.4 Å². The van der Waals surface area contributed by atoms with Gasteiger partial charge in [0.15, 0.2) is 0 Å². The molecule has 0 aromatic carbocycles. The van der Waals surface area contributed by atoms with Crippen LogP contribution in [0.25, 0.3) is 0 Å². The molecule has 0 radical (unpaired) electrons. The number of amides is 2. The molecule has 1 fully saturated rings. The van der Waals surface area contributed by atoms with Crippen LogP contribution in [0.1, 0.15) is 33.6 Å². The SMILES string of the molecule is CC(C)(C)OCC(=O)Nc1cnn(CC(=O)NC2CC2)c1. The summed E-state index contributed by atoms with van der Waals surface area (Å²) in [6, 6.07) is 0.335. The van der Waals surface area contributed by atoms with E-state index in [1.807, 2.05) is 20.8 Å². The Morgan fingerprint density at radius 1 is 1.38 bits per heavy atom. The van der Waals surface area contributed by atoms with Crippen LogP contribution in [0.15, 0.2) is 12.4 Å². The standard InChI is InChI=1S/C14H22N4O3/c1-14(2,3)21-9-13(20)17-11-6-15-18(7-11)8-12(19)16-10-4-5-10/h6-7,10H,4-5,8-9H2,1-3H3,(H,16,19)(H,17,20). The van der Waals surface area contributed by atoms with Crippen LogP contribution >= 0.6 is 0 Å². The first-order valence-corrected chi connectivity index (χ1v) is 7.07. The van der Waals surface area contributed by atoms with E-state index < -0.39 is 0 Å². The molecule has 1 aromatic heterocycles. The summed E-state index contributed by atoms with van der Waals surface area (Å²) >= 11 is 0. The van der Waals surface area contributed by atoms with Gasteiger partial charge in [0.1, 0.15) is 13.2 Å². The van der Waals surface area contributed by atoms with Crippen LogP contribution in [0.3, 0.4) is 0 Å². The van der Waals surface area contributed by atoms with E-state index in [2.05, 4.69) is 15.7 Å². The molecule has 21 heavy (non-hydrogen) atoms. The van der Waals surface area contributed by atoms with Crippen molar-refractivity contribution in [2.75, 3.05) is 11.9 Å². The number of hydrogen-bond acceptors (Lipinski definition) is 4. The van der Waals surface area contributed by atoms with Gasteiger partial charge in [0.25, 0.3) is 0 Å². The van der Waals surface area contributed by atoms with Crippen molar-refractivity contribution >= 4 is 17.5 Å². The Balaban J connectivity index is 1.76. The number of aromatic nitrogens is 2. The molecule has 2 rings (SSSR count). The lowest BCUT2D eigenvalue weighted by atomic mass is 10.2. The summed E-state index contributed by atoms with van der Waals surface area (Å²) in [5.74, 6) is -0.304. The molecule has 1 aromatic rings. The molecule has 0 saturated heterocycles. The molecule has 1 saturated carbocycles. The second kappa shape index (κ2) is 6.26. The van der Waals surface area contributed by atoms with Gasteiger partial charge in [-0.1, -0.05) is 0 Å². The monoisotopic (exact) mass is 294 g/mol. The highest BCUT2D eigenvalue weighted by molar-refractivity contribution is 5.91. The van der Waals surface area contributed by atoms with E-state index in [0.717, 1.165) is 12.8 Å². The zero-order chi connectivity index (χ0) is 15.5. The van der Waals surface area contributed by atoms with Gasteiger partial charge in [-0.25, -0.2) is 0 Å². The van der Waals surface area contributed by atoms with E-state index in [0.29, 0.717) is 11.7 Å². The van der Waals surface area contributed by atoms with Crippen LogP contribution < -0.4 is 10.6 Å². The molecule has 7 heteroatoms. The molecule has 1 aliphatic carbocycles. The van der Waals surface area contributed by atoms with E-state index in [1.54, 1.807) is 6.20 Å². The predicted molar refractivity (Wildman–Crippen MR) is 77.7 cm³/mol. The summed E-state index contributed by atoms with van der Waals surface area (Å²) in [4.78, 5) is 23.3. The van der Waals surface area contributed by atoms with Crippen molar-refractivity contribution in [2.45, 2.75) is 51.8 Å². The highest BCUT2D eigenvalue weighted by Gasteiger charge is 2.23. The lowest BCUT2D eigenvalue weighted by Crippen LogP contribution is -2.29. The summed E-state index contributed by atoms with van der Waals surface area (Å²) in [5, 5.41) is 9.61. The molecule has 1 aliphatic rings. The number of hydrogen-bond donors (Lipinski definition) is 2. The van der Waals surface area contributed by atoms with Crippen LogP contribution in [0.2, 0.25) is 0 Å². The van der Waals surface area contributed by atoms with Gasteiger partial charge in [-0.2, -0.15) is 5.10 Å². The van der Waals surface area contributed by atoms with Gasteiger partial charge in [-0.15, -0.1) is 0 Å². The largest absolute Gasteiger partial charge is 0.366 e. The first-order valence-electron chi connectivity index (χ1n) is 7.07. The van der Waals surface area contributed by atoms with Crippen molar-refractivity contribution in [3.05, 3.63) is 12.4 Å². The van der Waals surface area contributed by atoms with E-state index >= 15 is 0 Å². The first kappa shape index (κ1) is 15.5. The van der Waals surface area contributed by atoms with Crippen molar-refractivity contribution < 1.29 is 14.3 Å². The van der Waals surface area contributed by atoms with Crippen LogP contribution in [-0.2, 0) is 20.9 Å². The van der Waals surface area contributed by atoms with Crippen molar-refractivity contribution in [3.63, 3.8) is 0 Å². The highest BCUT2D eigenvalue weighted by Crippen LogP contribution is 2.18. The predicted octanol–water partition coefficient (Wildman–Crippen LogP) is 0.915. The smallest absolute Gasteiger partial charge is 0.250 e. The van der Waals surface area contributed by atoms with Crippen molar-refractivity contribution in [1.29, 1.82) is 0 Å². The Kier molecular flexibility index (Phi) is 4.62. The quantitative estimate of drug-likeness (QED) is 0.817. The second-order valence-electron chi connectivity index (χ2n) is 6.22. The number of carbonyl (C=O) groups excluding carboxylic acids is 2. The van der Waals surface area contributed by atoms with Crippen LogP contribution in [0.5, 0.6) is 0 Å². The van der Waals surface area contributed by atoms with Gasteiger partial charge in [-0.3, -0.25) is 14.3 Å². The fourth-order valence-corrected chi connectivity index (χ4v) is 1.64. The molecule has 0 aliphatic heterocycles. The number of anilines is 1. The van der Waals surface area contributed by atoms with Crippen molar-refractivity contribution in [1.82, 2.24) is 15.1 Å². The summed E-state index contributed by atoms with van der Waals surface area (Å²) in [7, 11) is 0. The molecule has 116 valence electrons. The zero-order valence-corrected chi connectivity index (χ0v) is 12.7. The fourth-order valence-electron chi connectivity index (χ4n) is 1.64. The van der Waals surface area contributed by atoms with E-state index in [9.17, 15) is 9.59 Å². The van der Waals surface area contributed by atoms with Crippen LogP contribution in [0.4, 0.5) is 5.69 Å². The highest BCUT2D eigenvalue weighted by atomic mass is 16.5. The molecule has 2 N–H and O–H groups in total. The van der Waals surface area contributed by atoms with Crippen LogP contribution in [0, 0.1) is 0 Å². The lowest BCUT2D eigenvalue weighted by Gasteiger charge is -2.18. The third-order valence-electron chi connectivity index (χ3n) is 2.80. The molecular formula is C14H22N4O3. The lowest BCUT2D eigenvalue weighted by molar-refractivity contribution is -0.125. The first-order chi connectivity index (χ1) is 9.82. The zero-order valence-electron chi connectivity index (χ0n) is 12.7. The third-order valence-corrected chi connectivity index (χ3v) is 2.80. The van der Waals surface area contributed by atoms with E-state index in [1.165, 1.54) is 10.9 Å². The molecule has 0 unspecified atom stereocenters. The topological polar surface area (TPSA) is 85.2 Å². The summed E-state index contributed by atoms with van der Waals surface area (Å²) < 4.78 is 6.88. The Morgan fingerprint density at radius 2 is 2.10 bits per heavy atom. The van der Waals surface area contributed by atoms with Gasteiger partial charge in [0.2, 0.25) is 11.8 Å². The second-order valence-corrected chi connectivity index (χ2v) is 6.22. The molecule has 7 nitrogen and oxygen atoms in total. The number of nitrogens with one attached hydrogen (secondary N) is 2. The maximum Gasteiger partial charge on any atom is 0.250 e. The molecule has 0 atom stereocenters. The number of carbonyl (C=O) groups is 2. The molecule has 0 spiro atoms. The number of ether oxygens (including phenoxy) is 1. The van der Waals surface area contributed by atoms with Crippen molar-refractivity contribution in [2.24, 2.45) is 0 Å². The van der Waals surface area contributed by atoms with E-state index in [4.69, 9.17) is 4.74 Å². The van der Waals surface area contributed by atoms with Gasteiger partial charge in [0, 0.05) is 12.2 Å². The van der Waals surface area contributed by atoms with Gasteiger partial charge >= 0.3 is 0 Å². The minimum atomic E-state index is -0.359. The van der Waals surface area contributed by atoms with Crippen LogP contribution in [-0.4, -0.2) is 39.8 Å².